The van der Waals surface area contributed by atoms with Crippen molar-refractivity contribution in [2.45, 2.75) is 75.5 Å². The fourth-order valence-corrected chi connectivity index (χ4v) is 8.73. The molecule has 0 saturated carbocycles. The van der Waals surface area contributed by atoms with E-state index >= 15 is 4.39 Å². The van der Waals surface area contributed by atoms with Crippen LogP contribution < -0.4 is 15.0 Å². The summed E-state index contributed by atoms with van der Waals surface area (Å²) in [4.78, 5) is 33.4. The zero-order valence-electron chi connectivity index (χ0n) is 28.4. The van der Waals surface area contributed by atoms with Crippen molar-refractivity contribution in [3.63, 3.8) is 0 Å². The number of aryl methyl sites for hydroxylation is 1. The molecule has 4 fully saturated rings. The molecule has 6 heterocycles. The highest BCUT2D eigenvalue weighted by Gasteiger charge is 2.50. The van der Waals surface area contributed by atoms with Gasteiger partial charge in [-0.25, -0.2) is 14.2 Å². The molecule has 4 aromatic rings. The van der Waals surface area contributed by atoms with Crippen molar-refractivity contribution >= 4 is 33.7 Å². The molecular formula is C37H44FN7O4. The van der Waals surface area contributed by atoms with Gasteiger partial charge in [0.05, 0.1) is 16.6 Å². The highest BCUT2D eigenvalue weighted by atomic mass is 19.1. The van der Waals surface area contributed by atoms with E-state index in [1.165, 1.54) is 11.0 Å². The predicted octanol–water partition coefficient (Wildman–Crippen LogP) is 5.27. The van der Waals surface area contributed by atoms with Crippen LogP contribution >= 0.6 is 0 Å². The van der Waals surface area contributed by atoms with Gasteiger partial charge in [-0.05, 0) is 98.2 Å². The first kappa shape index (κ1) is 31.9. The van der Waals surface area contributed by atoms with Crippen LogP contribution in [0.25, 0.3) is 33.1 Å². The molecule has 1 amide bonds. The average molecular weight is 670 g/mol. The maximum absolute atomic E-state index is 15.0. The number of hydrogen-bond donors (Lipinski definition) is 2. The lowest BCUT2D eigenvalue weighted by atomic mass is 9.95. The number of carbonyl (C=O) groups is 1. The molecule has 4 aliphatic rings. The van der Waals surface area contributed by atoms with Gasteiger partial charge in [-0.2, -0.15) is 9.97 Å². The molecule has 2 aromatic carbocycles. The summed E-state index contributed by atoms with van der Waals surface area (Å²) in [6.07, 6.45) is 6.38. The number of amides is 1. The lowest BCUT2D eigenvalue weighted by molar-refractivity contribution is 0.0484. The van der Waals surface area contributed by atoms with Crippen LogP contribution in [0.15, 0.2) is 36.4 Å². The van der Waals surface area contributed by atoms with E-state index in [-0.39, 0.29) is 35.3 Å². The maximum Gasteiger partial charge on any atom is 0.409 e. The molecule has 258 valence electrons. The third-order valence-corrected chi connectivity index (χ3v) is 11.1. The second-order valence-electron chi connectivity index (χ2n) is 14.4. The Bertz CT molecular complexity index is 1910. The van der Waals surface area contributed by atoms with E-state index in [0.717, 1.165) is 80.1 Å². The standard InChI is InChI=1S/C37H44FN7O4/c1-4-27-30(38)10-6-22-16-26(46)17-29(32(22)27)31-11-9-28-33(40-31)41-35(42-34(28)44-18-23-7-8-24(19-44)39-23)49-21-37-13-5-15-45(37)25(12-14-37)20-48-36(47)43(2)3/h6,9-11,16-17,23-25,39,46H,4-5,7-8,12-15,18-21H2,1-3H3/t23-,24+,25-,37-/m1/s1. The summed E-state index contributed by atoms with van der Waals surface area (Å²) < 4.78 is 27.2. The van der Waals surface area contributed by atoms with Gasteiger partial charge in [0.25, 0.3) is 0 Å². The molecule has 0 unspecified atom stereocenters. The topological polar surface area (TPSA) is 116 Å². The zero-order chi connectivity index (χ0) is 33.9. The van der Waals surface area contributed by atoms with Crippen LogP contribution in [-0.2, 0) is 11.2 Å². The molecule has 0 aliphatic carbocycles. The fourth-order valence-electron chi connectivity index (χ4n) is 8.73. The highest BCUT2D eigenvalue weighted by Crippen LogP contribution is 2.43. The average Bonchev–Trinajstić information content (AvgIpc) is 3.77. The molecule has 2 aromatic heterocycles. The largest absolute Gasteiger partial charge is 0.508 e. The van der Waals surface area contributed by atoms with Crippen LogP contribution in [0.3, 0.4) is 0 Å². The van der Waals surface area contributed by atoms with E-state index in [4.69, 9.17) is 24.4 Å². The molecule has 8 rings (SSSR count). The van der Waals surface area contributed by atoms with Crippen molar-refractivity contribution in [1.29, 1.82) is 0 Å². The normalized spacial score (nSPS) is 24.9. The first-order chi connectivity index (χ1) is 23.7. The maximum atomic E-state index is 15.0. The molecular weight excluding hydrogens is 625 g/mol. The minimum absolute atomic E-state index is 0.0912. The van der Waals surface area contributed by atoms with Crippen molar-refractivity contribution < 1.29 is 23.8 Å². The van der Waals surface area contributed by atoms with Crippen LogP contribution in [0, 0.1) is 5.82 Å². The molecule has 4 aliphatic heterocycles. The first-order valence-electron chi connectivity index (χ1n) is 17.6. The summed E-state index contributed by atoms with van der Waals surface area (Å²) in [5.41, 5.74) is 2.16. The number of aromatic nitrogens is 3. The van der Waals surface area contributed by atoms with Gasteiger partial charge in [-0.1, -0.05) is 13.0 Å². The SMILES string of the molecule is CCc1c(F)ccc2cc(O)cc(-c3ccc4c(N5C[C@H]6CC[C@@H](C5)N6)nc(OC[C@]56CCCN5[C@@H](COC(=O)N(C)C)CC6)nc4n3)c12. The van der Waals surface area contributed by atoms with Gasteiger partial charge < -0.3 is 29.7 Å². The van der Waals surface area contributed by atoms with Gasteiger partial charge in [0.15, 0.2) is 5.65 Å². The van der Waals surface area contributed by atoms with Gasteiger partial charge in [-0.15, -0.1) is 0 Å². The number of nitrogens with zero attached hydrogens (tertiary/aromatic N) is 6. The predicted molar refractivity (Wildman–Crippen MR) is 186 cm³/mol. The van der Waals surface area contributed by atoms with E-state index in [9.17, 15) is 9.90 Å². The van der Waals surface area contributed by atoms with Crippen molar-refractivity contribution in [2.24, 2.45) is 0 Å². The van der Waals surface area contributed by atoms with Crippen molar-refractivity contribution in [3.8, 4) is 23.0 Å². The van der Waals surface area contributed by atoms with E-state index in [0.29, 0.717) is 54.2 Å². The molecule has 49 heavy (non-hydrogen) atoms. The van der Waals surface area contributed by atoms with E-state index < -0.39 is 0 Å². The summed E-state index contributed by atoms with van der Waals surface area (Å²) in [6, 6.07) is 11.6. The van der Waals surface area contributed by atoms with Gasteiger partial charge in [0, 0.05) is 50.9 Å². The van der Waals surface area contributed by atoms with Gasteiger partial charge in [0.2, 0.25) is 0 Å². The van der Waals surface area contributed by atoms with E-state index in [1.807, 2.05) is 19.1 Å². The number of fused-ring (bicyclic) bond motifs is 5. The molecule has 2 bridgehead atoms. The monoisotopic (exact) mass is 669 g/mol. The van der Waals surface area contributed by atoms with Crippen molar-refractivity contribution in [3.05, 3.63) is 47.8 Å². The number of benzene rings is 2. The quantitative estimate of drug-likeness (QED) is 0.257. The number of piperazine rings is 1. The summed E-state index contributed by atoms with van der Waals surface area (Å²) in [5, 5.41) is 16.7. The first-order valence-corrected chi connectivity index (χ1v) is 17.6. The van der Waals surface area contributed by atoms with Crippen LogP contribution in [0.2, 0.25) is 0 Å². The molecule has 4 atom stereocenters. The number of ether oxygens (including phenoxy) is 2. The minimum atomic E-state index is -0.326. The zero-order valence-corrected chi connectivity index (χ0v) is 28.4. The third-order valence-electron chi connectivity index (χ3n) is 11.1. The Balaban J connectivity index is 1.15. The number of carbonyl (C=O) groups excluding carboxylic acids is 1. The molecule has 2 N–H and O–H groups in total. The minimum Gasteiger partial charge on any atom is -0.508 e. The Kier molecular flexibility index (Phi) is 8.18. The Morgan fingerprint density at radius 1 is 1.08 bits per heavy atom. The van der Waals surface area contributed by atoms with E-state index in [2.05, 4.69) is 15.1 Å². The van der Waals surface area contributed by atoms with Crippen molar-refractivity contribution in [2.75, 3.05) is 51.8 Å². The Labute approximate surface area is 285 Å². The van der Waals surface area contributed by atoms with Crippen LogP contribution in [0.4, 0.5) is 15.0 Å². The van der Waals surface area contributed by atoms with Gasteiger partial charge in [-0.3, -0.25) is 4.90 Å². The van der Waals surface area contributed by atoms with Crippen LogP contribution in [0.1, 0.15) is 51.0 Å². The van der Waals surface area contributed by atoms with Crippen LogP contribution in [0.5, 0.6) is 11.8 Å². The molecule has 0 radical (unpaired) electrons. The highest BCUT2D eigenvalue weighted by molar-refractivity contribution is 6.00. The number of hydrogen-bond acceptors (Lipinski definition) is 10. The lowest BCUT2D eigenvalue weighted by Gasteiger charge is -2.35. The fraction of sp³-hybridized carbons (Fsp3) is 0.514. The smallest absolute Gasteiger partial charge is 0.409 e. The summed E-state index contributed by atoms with van der Waals surface area (Å²) in [7, 11) is 3.39. The van der Waals surface area contributed by atoms with Gasteiger partial charge >= 0.3 is 12.1 Å². The number of pyridine rings is 1. The lowest BCUT2D eigenvalue weighted by Crippen LogP contribution is -2.51. The second-order valence-corrected chi connectivity index (χ2v) is 14.4. The summed E-state index contributed by atoms with van der Waals surface area (Å²) in [5.74, 6) is 0.620. The summed E-state index contributed by atoms with van der Waals surface area (Å²) in [6.45, 7) is 5.33. The number of rotatable bonds is 8. The number of phenolic OH excluding ortho intramolecular Hbond substituents is 1. The number of halogens is 1. The molecule has 0 spiro atoms. The number of phenols is 1. The van der Waals surface area contributed by atoms with Crippen LogP contribution in [-0.4, -0.2) is 107 Å². The molecule has 4 saturated heterocycles. The number of aromatic hydroxyl groups is 1. The Morgan fingerprint density at radius 3 is 2.67 bits per heavy atom. The molecule has 12 heteroatoms. The number of nitrogens with one attached hydrogen (secondary N) is 1. The Hall–Kier alpha value is -4.29. The number of anilines is 1. The third kappa shape index (κ3) is 5.78. The Morgan fingerprint density at radius 2 is 1.90 bits per heavy atom. The summed E-state index contributed by atoms with van der Waals surface area (Å²) >= 11 is 0. The second kappa shape index (κ2) is 12.5. The van der Waals surface area contributed by atoms with Crippen molar-refractivity contribution in [1.82, 2.24) is 30.1 Å². The van der Waals surface area contributed by atoms with E-state index in [1.54, 1.807) is 32.3 Å². The van der Waals surface area contributed by atoms with Gasteiger partial charge in [0.1, 0.15) is 30.6 Å². The molecule has 11 nitrogen and oxygen atoms in total.